The van der Waals surface area contributed by atoms with Crippen molar-refractivity contribution in [2.45, 2.75) is 77.4 Å². The van der Waals surface area contributed by atoms with Crippen LogP contribution in [-0.2, 0) is 0 Å². The van der Waals surface area contributed by atoms with Gasteiger partial charge in [-0.15, -0.1) is 0 Å². The standard InChI is InChI=1S/C14H28NO/c1-11(2)8-9-14(16)13(15)10-12-6-4-3-5-7-12/h11-16H,3-10H2,1-2H3. The molecule has 1 aliphatic rings. The first-order valence-corrected chi connectivity index (χ1v) is 6.98. The molecule has 16 heavy (non-hydrogen) atoms. The Morgan fingerprint density at radius 3 is 2.31 bits per heavy atom. The molecule has 0 aromatic rings. The van der Waals surface area contributed by atoms with Crippen molar-refractivity contribution >= 4 is 0 Å². The lowest BCUT2D eigenvalue weighted by Crippen LogP contribution is -2.30. The predicted octanol–water partition coefficient (Wildman–Crippen LogP) is 3.41. The monoisotopic (exact) mass is 226 g/mol. The number of aliphatic hydroxyl groups excluding tert-OH is 1. The Labute approximate surface area is 101 Å². The van der Waals surface area contributed by atoms with Crippen LogP contribution in [0, 0.1) is 11.8 Å². The zero-order chi connectivity index (χ0) is 12.0. The van der Waals surface area contributed by atoms with Crippen LogP contribution < -0.4 is 5.73 Å². The topological polar surface area (TPSA) is 44.0 Å². The Bertz CT molecular complexity index is 176. The zero-order valence-corrected chi connectivity index (χ0v) is 10.9. The summed E-state index contributed by atoms with van der Waals surface area (Å²) < 4.78 is 0. The second-order valence-corrected chi connectivity index (χ2v) is 5.88. The molecule has 2 unspecified atom stereocenters. The van der Waals surface area contributed by atoms with Gasteiger partial charge in [0, 0.05) is 6.04 Å². The average molecular weight is 226 g/mol. The number of nitrogens with one attached hydrogen (secondary N) is 1. The van der Waals surface area contributed by atoms with Gasteiger partial charge in [0.1, 0.15) is 0 Å². The molecule has 0 aliphatic heterocycles. The van der Waals surface area contributed by atoms with Gasteiger partial charge < -0.3 is 5.11 Å². The van der Waals surface area contributed by atoms with E-state index in [0.717, 1.165) is 19.3 Å². The number of hydrogen-bond donors (Lipinski definition) is 1. The molecule has 2 atom stereocenters. The summed E-state index contributed by atoms with van der Waals surface area (Å²) in [4.78, 5) is 0. The summed E-state index contributed by atoms with van der Waals surface area (Å²) in [6.07, 6.45) is 8.97. The van der Waals surface area contributed by atoms with Gasteiger partial charge in [0.15, 0.2) is 0 Å². The van der Waals surface area contributed by atoms with Crippen molar-refractivity contribution in [3.8, 4) is 0 Å². The first-order valence-electron chi connectivity index (χ1n) is 6.98. The molecule has 0 aromatic heterocycles. The van der Waals surface area contributed by atoms with Crippen LogP contribution in [0.4, 0.5) is 0 Å². The van der Waals surface area contributed by atoms with Crippen LogP contribution in [0.3, 0.4) is 0 Å². The largest absolute Gasteiger partial charge is 0.391 e. The van der Waals surface area contributed by atoms with Gasteiger partial charge in [-0.2, -0.15) is 0 Å². The van der Waals surface area contributed by atoms with Crippen LogP contribution in [0.5, 0.6) is 0 Å². The highest BCUT2D eigenvalue weighted by molar-refractivity contribution is 4.77. The third kappa shape index (κ3) is 5.31. The molecule has 1 fully saturated rings. The van der Waals surface area contributed by atoms with Crippen LogP contribution in [-0.4, -0.2) is 17.3 Å². The van der Waals surface area contributed by atoms with E-state index < -0.39 is 6.10 Å². The van der Waals surface area contributed by atoms with Gasteiger partial charge >= 0.3 is 0 Å². The van der Waals surface area contributed by atoms with E-state index in [0.29, 0.717) is 11.8 Å². The molecule has 2 N–H and O–H groups in total. The Balaban J connectivity index is 2.19. The summed E-state index contributed by atoms with van der Waals surface area (Å²) in [6.45, 7) is 4.35. The van der Waals surface area contributed by atoms with Gasteiger partial charge in [0.2, 0.25) is 0 Å². The third-order valence-corrected chi connectivity index (χ3v) is 3.82. The molecule has 1 radical (unpaired) electrons. The molecule has 2 nitrogen and oxygen atoms in total. The van der Waals surface area contributed by atoms with E-state index in [9.17, 15) is 5.11 Å². The van der Waals surface area contributed by atoms with E-state index in [-0.39, 0.29) is 6.04 Å². The van der Waals surface area contributed by atoms with Gasteiger partial charge in [-0.3, -0.25) is 5.73 Å². The lowest BCUT2D eigenvalue weighted by atomic mass is 9.83. The van der Waals surface area contributed by atoms with Crippen molar-refractivity contribution in [3.05, 3.63) is 0 Å². The van der Waals surface area contributed by atoms with Gasteiger partial charge in [-0.1, -0.05) is 46.0 Å². The second kappa shape index (κ2) is 7.29. The number of aliphatic hydroxyl groups is 1. The number of hydrogen-bond acceptors (Lipinski definition) is 1. The summed E-state index contributed by atoms with van der Waals surface area (Å²) in [5, 5.41) is 9.91. The Kier molecular flexibility index (Phi) is 6.37. The Morgan fingerprint density at radius 2 is 1.75 bits per heavy atom. The van der Waals surface area contributed by atoms with Crippen molar-refractivity contribution in [2.24, 2.45) is 11.8 Å². The van der Waals surface area contributed by atoms with Crippen LogP contribution in [0.2, 0.25) is 0 Å². The minimum atomic E-state index is -0.399. The maximum atomic E-state index is 9.91. The molecule has 95 valence electrons. The van der Waals surface area contributed by atoms with Crippen LogP contribution in [0.15, 0.2) is 0 Å². The smallest absolute Gasteiger partial charge is 0.0706 e. The molecule has 0 aromatic carbocycles. The normalized spacial score (nSPS) is 22.3. The van der Waals surface area contributed by atoms with Crippen LogP contribution in [0.1, 0.15) is 65.2 Å². The third-order valence-electron chi connectivity index (χ3n) is 3.82. The Morgan fingerprint density at radius 1 is 1.12 bits per heavy atom. The highest BCUT2D eigenvalue weighted by Gasteiger charge is 2.22. The van der Waals surface area contributed by atoms with E-state index >= 15 is 0 Å². The fourth-order valence-corrected chi connectivity index (χ4v) is 2.64. The molecule has 0 heterocycles. The summed E-state index contributed by atoms with van der Waals surface area (Å²) >= 11 is 0. The molecule has 0 amide bonds. The van der Waals surface area contributed by atoms with Crippen LogP contribution in [0.25, 0.3) is 0 Å². The first kappa shape index (κ1) is 14.0. The summed E-state index contributed by atoms with van der Waals surface area (Å²) in [6, 6.07) is -0.248. The minimum absolute atomic E-state index is 0.248. The molecule has 0 spiro atoms. The lowest BCUT2D eigenvalue weighted by Gasteiger charge is -2.26. The highest BCUT2D eigenvalue weighted by atomic mass is 16.3. The Hall–Kier alpha value is -0.0800. The van der Waals surface area contributed by atoms with Gasteiger partial charge in [-0.05, 0) is 31.1 Å². The molecule has 1 saturated carbocycles. The summed E-state index contributed by atoms with van der Waals surface area (Å²) in [5.74, 6) is 1.35. The van der Waals surface area contributed by atoms with Crippen molar-refractivity contribution < 1.29 is 5.11 Å². The van der Waals surface area contributed by atoms with E-state index in [1.807, 2.05) is 0 Å². The van der Waals surface area contributed by atoms with Crippen molar-refractivity contribution in [2.75, 3.05) is 0 Å². The molecule has 1 rings (SSSR count). The average Bonchev–Trinajstić information content (AvgIpc) is 2.27. The molecular formula is C14H28NO. The fourth-order valence-electron chi connectivity index (χ4n) is 2.64. The van der Waals surface area contributed by atoms with E-state index in [1.165, 1.54) is 32.1 Å². The lowest BCUT2D eigenvalue weighted by molar-refractivity contribution is 0.109. The maximum Gasteiger partial charge on any atom is 0.0706 e. The minimum Gasteiger partial charge on any atom is -0.391 e. The molecule has 0 bridgehead atoms. The van der Waals surface area contributed by atoms with Crippen molar-refractivity contribution in [1.82, 2.24) is 5.73 Å². The maximum absolute atomic E-state index is 9.91. The van der Waals surface area contributed by atoms with Gasteiger partial charge in [0.25, 0.3) is 0 Å². The molecule has 2 heteroatoms. The summed E-state index contributed by atoms with van der Waals surface area (Å²) in [7, 11) is 0. The first-order chi connectivity index (χ1) is 7.59. The highest BCUT2D eigenvalue weighted by Crippen LogP contribution is 2.28. The second-order valence-electron chi connectivity index (χ2n) is 5.88. The van der Waals surface area contributed by atoms with Gasteiger partial charge in [-0.25, -0.2) is 0 Å². The van der Waals surface area contributed by atoms with Crippen molar-refractivity contribution in [1.29, 1.82) is 0 Å². The van der Waals surface area contributed by atoms with E-state index in [1.54, 1.807) is 0 Å². The molecule has 0 saturated heterocycles. The van der Waals surface area contributed by atoms with Crippen LogP contribution >= 0.6 is 0 Å². The van der Waals surface area contributed by atoms with Crippen molar-refractivity contribution in [3.63, 3.8) is 0 Å². The SMILES string of the molecule is CC(C)CCC(O)C([NH])CC1CCCCC1. The zero-order valence-electron chi connectivity index (χ0n) is 10.9. The van der Waals surface area contributed by atoms with E-state index in [2.05, 4.69) is 13.8 Å². The molecule has 1 aliphatic carbocycles. The quantitative estimate of drug-likeness (QED) is 0.741. The summed E-state index contributed by atoms with van der Waals surface area (Å²) in [5.41, 5.74) is 8.01. The van der Waals surface area contributed by atoms with E-state index in [4.69, 9.17) is 5.73 Å². The fraction of sp³-hybridized carbons (Fsp3) is 1.00. The molecular weight excluding hydrogens is 198 g/mol. The number of rotatable bonds is 6. The predicted molar refractivity (Wildman–Crippen MR) is 68.2 cm³/mol. The van der Waals surface area contributed by atoms with Gasteiger partial charge in [0.05, 0.1) is 6.10 Å².